The number of nitrogens with one attached hydrogen (secondary N) is 2. The Balaban J connectivity index is 1.81. The number of carbonyl (C=O) groups is 2. The van der Waals surface area contributed by atoms with Gasteiger partial charge in [0.15, 0.2) is 0 Å². The highest BCUT2D eigenvalue weighted by atomic mass is 16.5. The zero-order chi connectivity index (χ0) is 20.8. The molecule has 0 aliphatic carbocycles. The maximum absolute atomic E-state index is 12.5. The van der Waals surface area contributed by atoms with Gasteiger partial charge in [-0.3, -0.25) is 14.4 Å². The third kappa shape index (κ3) is 5.07. The quantitative estimate of drug-likeness (QED) is 0.671. The molecule has 2 aromatic carbocycles. The fraction of sp³-hybridized carbons (Fsp3) is 0.143. The lowest BCUT2D eigenvalue weighted by Crippen LogP contribution is -2.29. The van der Waals surface area contributed by atoms with E-state index in [-0.39, 0.29) is 12.5 Å². The first-order valence-corrected chi connectivity index (χ1v) is 8.85. The van der Waals surface area contributed by atoms with Gasteiger partial charge in [0.05, 0.1) is 18.5 Å². The van der Waals surface area contributed by atoms with Crippen molar-refractivity contribution in [3.05, 3.63) is 71.0 Å². The number of amides is 2. The molecule has 0 saturated heterocycles. The van der Waals surface area contributed by atoms with Crippen LogP contribution in [0, 0.1) is 0 Å². The third-order valence-electron chi connectivity index (χ3n) is 4.02. The number of hydrogen-bond acceptors (Lipinski definition) is 5. The number of ether oxygens (including phenoxy) is 1. The first-order valence-electron chi connectivity index (χ1n) is 8.85. The summed E-state index contributed by atoms with van der Waals surface area (Å²) in [6.45, 7) is 1.12. The van der Waals surface area contributed by atoms with Crippen molar-refractivity contribution in [3.63, 3.8) is 0 Å². The molecule has 0 fully saturated rings. The molecule has 0 atom stereocenters. The van der Waals surface area contributed by atoms with E-state index in [1.54, 1.807) is 24.3 Å². The molecular formula is C21H20N4O4. The largest absolute Gasteiger partial charge is 0.495 e. The number of methoxy groups -OCH3 is 1. The molecule has 3 rings (SSSR count). The van der Waals surface area contributed by atoms with Crippen molar-refractivity contribution in [2.24, 2.45) is 0 Å². The number of hydrogen-bond donors (Lipinski definition) is 2. The van der Waals surface area contributed by atoms with Crippen molar-refractivity contribution in [2.45, 2.75) is 13.5 Å². The summed E-state index contributed by atoms with van der Waals surface area (Å²) in [6.07, 6.45) is 0. The van der Waals surface area contributed by atoms with E-state index in [1.165, 1.54) is 20.1 Å². The second-order valence-corrected chi connectivity index (χ2v) is 6.22. The fourth-order valence-corrected chi connectivity index (χ4v) is 2.74. The number of nitrogens with zero attached hydrogens (tertiary/aromatic N) is 2. The molecule has 0 spiro atoms. The molecule has 148 valence electrons. The van der Waals surface area contributed by atoms with Crippen LogP contribution < -0.4 is 20.9 Å². The van der Waals surface area contributed by atoms with Crippen LogP contribution in [0.3, 0.4) is 0 Å². The molecule has 2 N–H and O–H groups in total. The minimum absolute atomic E-state index is 0.235. The standard InChI is InChI=1S/C21H20N4O4/c1-14(26)22-16-8-10-19(29-2)18(12-16)23-20(27)13-25-21(28)11-9-17(24-25)15-6-4-3-5-7-15/h3-12H,13H2,1-2H3,(H,22,26)(H,23,27). The van der Waals surface area contributed by atoms with Crippen LogP contribution in [-0.4, -0.2) is 28.7 Å². The molecule has 0 unspecified atom stereocenters. The van der Waals surface area contributed by atoms with Crippen LogP contribution in [0.1, 0.15) is 6.92 Å². The molecule has 8 heteroatoms. The van der Waals surface area contributed by atoms with Crippen molar-refractivity contribution >= 4 is 23.2 Å². The Morgan fingerprint density at radius 3 is 2.48 bits per heavy atom. The van der Waals surface area contributed by atoms with Gasteiger partial charge in [-0.1, -0.05) is 30.3 Å². The van der Waals surface area contributed by atoms with Gasteiger partial charge in [-0.25, -0.2) is 4.68 Å². The van der Waals surface area contributed by atoms with Gasteiger partial charge in [-0.15, -0.1) is 0 Å². The van der Waals surface area contributed by atoms with Crippen molar-refractivity contribution in [1.82, 2.24) is 9.78 Å². The minimum Gasteiger partial charge on any atom is -0.495 e. The van der Waals surface area contributed by atoms with Gasteiger partial charge < -0.3 is 15.4 Å². The van der Waals surface area contributed by atoms with Crippen LogP contribution in [0.5, 0.6) is 5.75 Å². The lowest BCUT2D eigenvalue weighted by Gasteiger charge is -2.13. The smallest absolute Gasteiger partial charge is 0.267 e. The highest BCUT2D eigenvalue weighted by Gasteiger charge is 2.12. The average Bonchev–Trinajstić information content (AvgIpc) is 2.70. The maximum atomic E-state index is 12.5. The molecule has 29 heavy (non-hydrogen) atoms. The summed E-state index contributed by atoms with van der Waals surface area (Å²) < 4.78 is 6.34. The number of rotatable bonds is 6. The highest BCUT2D eigenvalue weighted by Crippen LogP contribution is 2.27. The van der Waals surface area contributed by atoms with Crippen LogP contribution in [0.15, 0.2) is 65.5 Å². The molecule has 0 bridgehead atoms. The van der Waals surface area contributed by atoms with Crippen LogP contribution in [0.2, 0.25) is 0 Å². The molecule has 3 aromatic rings. The summed E-state index contributed by atoms with van der Waals surface area (Å²) in [5.41, 5.74) is 1.92. The summed E-state index contributed by atoms with van der Waals surface area (Å²) >= 11 is 0. The Bertz CT molecular complexity index is 1090. The second-order valence-electron chi connectivity index (χ2n) is 6.22. The third-order valence-corrected chi connectivity index (χ3v) is 4.02. The van der Waals surface area contributed by atoms with Gasteiger partial charge in [0.2, 0.25) is 11.8 Å². The van der Waals surface area contributed by atoms with Gasteiger partial charge in [-0.05, 0) is 24.3 Å². The van der Waals surface area contributed by atoms with E-state index in [0.29, 0.717) is 22.8 Å². The Labute approximate surface area is 167 Å². The highest BCUT2D eigenvalue weighted by molar-refractivity contribution is 5.94. The molecule has 0 radical (unpaired) electrons. The lowest BCUT2D eigenvalue weighted by atomic mass is 10.1. The number of anilines is 2. The minimum atomic E-state index is -0.455. The Morgan fingerprint density at radius 1 is 1.03 bits per heavy atom. The Hall–Kier alpha value is -3.94. The summed E-state index contributed by atoms with van der Waals surface area (Å²) in [5.74, 6) is -0.269. The van der Waals surface area contributed by atoms with E-state index in [9.17, 15) is 14.4 Å². The van der Waals surface area contributed by atoms with E-state index in [1.807, 2.05) is 30.3 Å². The number of aromatic nitrogens is 2. The Morgan fingerprint density at radius 2 is 1.79 bits per heavy atom. The topological polar surface area (TPSA) is 102 Å². The van der Waals surface area contributed by atoms with E-state index in [4.69, 9.17) is 4.74 Å². The molecule has 8 nitrogen and oxygen atoms in total. The molecule has 1 aromatic heterocycles. The number of benzene rings is 2. The van der Waals surface area contributed by atoms with E-state index < -0.39 is 11.5 Å². The predicted octanol–water partition coefficient (Wildman–Crippen LogP) is 2.52. The first kappa shape index (κ1) is 19.8. The molecule has 0 saturated carbocycles. The van der Waals surface area contributed by atoms with Crippen LogP contribution >= 0.6 is 0 Å². The van der Waals surface area contributed by atoms with Crippen LogP contribution in [0.4, 0.5) is 11.4 Å². The molecule has 0 aliphatic rings. The predicted molar refractivity (Wildman–Crippen MR) is 110 cm³/mol. The summed E-state index contributed by atoms with van der Waals surface area (Å²) in [4.78, 5) is 35.9. The van der Waals surface area contributed by atoms with Gasteiger partial charge in [0.1, 0.15) is 12.3 Å². The molecule has 1 heterocycles. The van der Waals surface area contributed by atoms with Gasteiger partial charge >= 0.3 is 0 Å². The van der Waals surface area contributed by atoms with Crippen molar-refractivity contribution in [1.29, 1.82) is 0 Å². The normalized spacial score (nSPS) is 10.3. The summed E-state index contributed by atoms with van der Waals surface area (Å²) in [6, 6.07) is 17.2. The molecular weight excluding hydrogens is 372 g/mol. The monoisotopic (exact) mass is 392 g/mol. The maximum Gasteiger partial charge on any atom is 0.267 e. The SMILES string of the molecule is COc1ccc(NC(C)=O)cc1NC(=O)Cn1nc(-c2ccccc2)ccc1=O. The summed E-state index contributed by atoms with van der Waals surface area (Å²) in [5, 5.41) is 9.61. The van der Waals surface area contributed by atoms with Gasteiger partial charge in [-0.2, -0.15) is 5.10 Å². The van der Waals surface area contributed by atoms with Crippen LogP contribution in [0.25, 0.3) is 11.3 Å². The zero-order valence-electron chi connectivity index (χ0n) is 16.0. The zero-order valence-corrected chi connectivity index (χ0v) is 16.0. The van der Waals surface area contributed by atoms with E-state index in [0.717, 1.165) is 10.2 Å². The van der Waals surface area contributed by atoms with Gasteiger partial charge in [0, 0.05) is 24.2 Å². The fourth-order valence-electron chi connectivity index (χ4n) is 2.74. The Kier molecular flexibility index (Phi) is 6.03. The molecule has 0 aliphatic heterocycles. The van der Waals surface area contributed by atoms with Crippen LogP contribution in [-0.2, 0) is 16.1 Å². The van der Waals surface area contributed by atoms with E-state index in [2.05, 4.69) is 15.7 Å². The van der Waals surface area contributed by atoms with E-state index >= 15 is 0 Å². The second kappa shape index (κ2) is 8.83. The lowest BCUT2D eigenvalue weighted by molar-refractivity contribution is -0.117. The first-order chi connectivity index (χ1) is 14.0. The average molecular weight is 392 g/mol. The number of carbonyl (C=O) groups excluding carboxylic acids is 2. The van der Waals surface area contributed by atoms with Crippen molar-refractivity contribution in [3.8, 4) is 17.0 Å². The van der Waals surface area contributed by atoms with Gasteiger partial charge in [0.25, 0.3) is 5.56 Å². The summed E-state index contributed by atoms with van der Waals surface area (Å²) in [7, 11) is 1.47. The van der Waals surface area contributed by atoms with Crippen molar-refractivity contribution in [2.75, 3.05) is 17.7 Å². The van der Waals surface area contributed by atoms with Crippen molar-refractivity contribution < 1.29 is 14.3 Å². The molecule has 2 amide bonds.